The SMILES string of the molecule is CCCOc1ccc(CN2CCO[C@H](CO)[C@H]2c2ccc(OC)c(OC)c2)cc1. The topological polar surface area (TPSA) is 60.4 Å². The van der Waals surface area contributed by atoms with Gasteiger partial charge in [-0.3, -0.25) is 4.90 Å². The number of benzene rings is 2. The van der Waals surface area contributed by atoms with E-state index >= 15 is 0 Å². The highest BCUT2D eigenvalue weighted by atomic mass is 16.5. The molecule has 6 heteroatoms. The molecule has 2 aromatic carbocycles. The number of methoxy groups -OCH3 is 2. The van der Waals surface area contributed by atoms with Crippen molar-refractivity contribution in [2.45, 2.75) is 32.0 Å². The molecule has 0 amide bonds. The van der Waals surface area contributed by atoms with Gasteiger partial charge in [-0.1, -0.05) is 25.1 Å². The van der Waals surface area contributed by atoms with Crippen LogP contribution in [0.15, 0.2) is 42.5 Å². The second-order valence-corrected chi connectivity index (χ2v) is 7.11. The molecule has 1 N–H and O–H groups in total. The highest BCUT2D eigenvalue weighted by molar-refractivity contribution is 5.44. The van der Waals surface area contributed by atoms with Crippen molar-refractivity contribution in [1.29, 1.82) is 0 Å². The van der Waals surface area contributed by atoms with Crippen LogP contribution in [0.5, 0.6) is 17.2 Å². The molecule has 3 rings (SSSR count). The van der Waals surface area contributed by atoms with E-state index in [4.69, 9.17) is 18.9 Å². The third-order valence-corrected chi connectivity index (χ3v) is 5.17. The van der Waals surface area contributed by atoms with Gasteiger partial charge in [-0.25, -0.2) is 0 Å². The molecule has 0 radical (unpaired) electrons. The highest BCUT2D eigenvalue weighted by Crippen LogP contribution is 2.36. The minimum Gasteiger partial charge on any atom is -0.494 e. The van der Waals surface area contributed by atoms with Crippen LogP contribution in [0.25, 0.3) is 0 Å². The second kappa shape index (κ2) is 10.5. The number of ether oxygens (including phenoxy) is 4. The minimum absolute atomic E-state index is 0.0424. The Labute approximate surface area is 173 Å². The number of aliphatic hydroxyl groups excluding tert-OH is 1. The van der Waals surface area contributed by atoms with E-state index in [0.717, 1.165) is 37.4 Å². The Kier molecular flexibility index (Phi) is 7.75. The largest absolute Gasteiger partial charge is 0.494 e. The fourth-order valence-electron chi connectivity index (χ4n) is 3.72. The summed E-state index contributed by atoms with van der Waals surface area (Å²) in [5.74, 6) is 2.25. The summed E-state index contributed by atoms with van der Waals surface area (Å²) in [6.07, 6.45) is 0.694. The predicted octanol–water partition coefficient (Wildman–Crippen LogP) is 3.43. The lowest BCUT2D eigenvalue weighted by Gasteiger charge is -2.41. The van der Waals surface area contributed by atoms with E-state index in [-0.39, 0.29) is 18.8 Å². The number of hydrogen-bond donors (Lipinski definition) is 1. The molecule has 0 unspecified atom stereocenters. The molecule has 0 saturated carbocycles. The monoisotopic (exact) mass is 401 g/mol. The minimum atomic E-state index is -0.297. The summed E-state index contributed by atoms with van der Waals surface area (Å²) in [6.45, 7) is 4.91. The number of nitrogens with zero attached hydrogens (tertiary/aromatic N) is 1. The maximum absolute atomic E-state index is 9.93. The molecule has 0 aliphatic carbocycles. The number of morpholine rings is 1. The van der Waals surface area contributed by atoms with Gasteiger partial charge in [0.05, 0.1) is 40.1 Å². The predicted molar refractivity (Wildman–Crippen MR) is 112 cm³/mol. The first kappa shape index (κ1) is 21.4. The van der Waals surface area contributed by atoms with Gasteiger partial charge in [0.2, 0.25) is 0 Å². The Hall–Kier alpha value is -2.28. The van der Waals surface area contributed by atoms with Crippen LogP contribution in [-0.4, -0.2) is 56.7 Å². The number of aliphatic hydroxyl groups is 1. The molecule has 2 aromatic rings. The molecule has 1 aliphatic rings. The van der Waals surface area contributed by atoms with E-state index in [1.807, 2.05) is 30.3 Å². The number of hydrogen-bond acceptors (Lipinski definition) is 6. The molecule has 29 heavy (non-hydrogen) atoms. The van der Waals surface area contributed by atoms with E-state index in [2.05, 4.69) is 24.0 Å². The summed E-state index contributed by atoms with van der Waals surface area (Å²) in [5, 5.41) is 9.93. The van der Waals surface area contributed by atoms with E-state index in [1.54, 1.807) is 14.2 Å². The van der Waals surface area contributed by atoms with E-state index in [9.17, 15) is 5.11 Å². The van der Waals surface area contributed by atoms with Crippen molar-refractivity contribution in [3.63, 3.8) is 0 Å². The van der Waals surface area contributed by atoms with Gasteiger partial charge < -0.3 is 24.1 Å². The normalized spacial score (nSPS) is 19.7. The molecule has 2 atom stereocenters. The van der Waals surface area contributed by atoms with Crippen LogP contribution < -0.4 is 14.2 Å². The Morgan fingerprint density at radius 3 is 2.48 bits per heavy atom. The molecular formula is C23H31NO5. The first-order chi connectivity index (χ1) is 14.2. The van der Waals surface area contributed by atoms with Crippen LogP contribution in [-0.2, 0) is 11.3 Å². The van der Waals surface area contributed by atoms with Crippen molar-refractivity contribution < 1.29 is 24.1 Å². The van der Waals surface area contributed by atoms with Crippen LogP contribution in [0.2, 0.25) is 0 Å². The first-order valence-electron chi connectivity index (χ1n) is 10.1. The van der Waals surface area contributed by atoms with Crippen LogP contribution in [0.1, 0.15) is 30.5 Å². The van der Waals surface area contributed by atoms with Crippen molar-refractivity contribution in [3.05, 3.63) is 53.6 Å². The molecule has 1 aliphatic heterocycles. The fraction of sp³-hybridized carbons (Fsp3) is 0.478. The van der Waals surface area contributed by atoms with E-state index in [0.29, 0.717) is 18.1 Å². The third-order valence-electron chi connectivity index (χ3n) is 5.17. The standard InChI is InChI=1S/C23H31NO5/c1-4-12-28-19-8-5-17(6-9-19)15-24-11-13-29-22(16-25)23(24)18-7-10-20(26-2)21(14-18)27-3/h5-10,14,22-23,25H,4,11-13,15-16H2,1-3H3/t22-,23-/m1/s1. The molecule has 1 heterocycles. The van der Waals surface area contributed by atoms with Gasteiger partial charge in [0.25, 0.3) is 0 Å². The molecule has 0 aromatic heterocycles. The summed E-state index contributed by atoms with van der Waals surface area (Å²) in [5.41, 5.74) is 2.22. The van der Waals surface area contributed by atoms with Crippen molar-refractivity contribution in [2.75, 3.05) is 40.6 Å². The first-order valence-corrected chi connectivity index (χ1v) is 10.1. The lowest BCUT2D eigenvalue weighted by atomic mass is 9.97. The third kappa shape index (κ3) is 5.21. The average Bonchev–Trinajstić information content (AvgIpc) is 2.78. The summed E-state index contributed by atoms with van der Waals surface area (Å²) >= 11 is 0. The highest BCUT2D eigenvalue weighted by Gasteiger charge is 2.33. The van der Waals surface area contributed by atoms with Crippen LogP contribution in [0, 0.1) is 0 Å². The summed E-state index contributed by atoms with van der Waals surface area (Å²) in [4.78, 5) is 2.34. The molecular weight excluding hydrogens is 370 g/mol. The molecule has 6 nitrogen and oxygen atoms in total. The molecule has 0 spiro atoms. The molecule has 158 valence electrons. The van der Waals surface area contributed by atoms with Gasteiger partial charge in [0.15, 0.2) is 11.5 Å². The van der Waals surface area contributed by atoms with Gasteiger partial charge in [-0.2, -0.15) is 0 Å². The smallest absolute Gasteiger partial charge is 0.161 e. The quantitative estimate of drug-likeness (QED) is 0.695. The fourth-order valence-corrected chi connectivity index (χ4v) is 3.72. The number of rotatable bonds is 9. The average molecular weight is 402 g/mol. The van der Waals surface area contributed by atoms with Gasteiger partial charge >= 0.3 is 0 Å². The van der Waals surface area contributed by atoms with Crippen molar-refractivity contribution in [1.82, 2.24) is 4.90 Å². The summed E-state index contributed by atoms with van der Waals surface area (Å²) < 4.78 is 22.4. The zero-order valence-corrected chi connectivity index (χ0v) is 17.5. The van der Waals surface area contributed by atoms with Crippen molar-refractivity contribution in [3.8, 4) is 17.2 Å². The van der Waals surface area contributed by atoms with Gasteiger partial charge in [0, 0.05) is 13.1 Å². The Bertz CT molecular complexity index is 764. The Balaban J connectivity index is 1.82. The summed E-state index contributed by atoms with van der Waals surface area (Å²) in [6, 6.07) is 14.0. The van der Waals surface area contributed by atoms with Gasteiger partial charge in [-0.05, 0) is 41.8 Å². The van der Waals surface area contributed by atoms with Gasteiger partial charge in [-0.15, -0.1) is 0 Å². The maximum Gasteiger partial charge on any atom is 0.161 e. The molecule has 0 bridgehead atoms. The van der Waals surface area contributed by atoms with Gasteiger partial charge in [0.1, 0.15) is 11.9 Å². The Morgan fingerprint density at radius 2 is 1.83 bits per heavy atom. The van der Waals surface area contributed by atoms with E-state index in [1.165, 1.54) is 5.56 Å². The lowest BCUT2D eigenvalue weighted by Crippen LogP contribution is -2.46. The van der Waals surface area contributed by atoms with Crippen LogP contribution >= 0.6 is 0 Å². The molecule has 1 fully saturated rings. The second-order valence-electron chi connectivity index (χ2n) is 7.11. The zero-order valence-electron chi connectivity index (χ0n) is 17.5. The van der Waals surface area contributed by atoms with Crippen LogP contribution in [0.4, 0.5) is 0 Å². The van der Waals surface area contributed by atoms with E-state index < -0.39 is 0 Å². The van der Waals surface area contributed by atoms with Crippen molar-refractivity contribution in [2.24, 2.45) is 0 Å². The molecule has 1 saturated heterocycles. The zero-order chi connectivity index (χ0) is 20.6. The lowest BCUT2D eigenvalue weighted by molar-refractivity contribution is -0.0961. The maximum atomic E-state index is 9.93. The van der Waals surface area contributed by atoms with Crippen LogP contribution in [0.3, 0.4) is 0 Å². The Morgan fingerprint density at radius 1 is 1.07 bits per heavy atom. The van der Waals surface area contributed by atoms with Crippen molar-refractivity contribution >= 4 is 0 Å². The summed E-state index contributed by atoms with van der Waals surface area (Å²) in [7, 11) is 3.25.